The fourth-order valence-electron chi connectivity index (χ4n) is 2.29. The van der Waals surface area contributed by atoms with Gasteiger partial charge in [-0.25, -0.2) is 0 Å². The van der Waals surface area contributed by atoms with E-state index in [4.69, 9.17) is 0 Å². The Morgan fingerprint density at radius 3 is 2.33 bits per heavy atom. The molecule has 3 aromatic rings. The number of nitrogens with one attached hydrogen (secondary N) is 1. The summed E-state index contributed by atoms with van der Waals surface area (Å²) < 4.78 is 0. The van der Waals surface area contributed by atoms with Crippen molar-refractivity contribution >= 4 is 27.5 Å². The average Bonchev–Trinajstić information content (AvgIpc) is 2.65. The van der Waals surface area contributed by atoms with Crippen molar-refractivity contribution in [1.29, 1.82) is 0 Å². The molecule has 0 aromatic heterocycles. The Kier molecular flexibility index (Phi) is 2.49. The Morgan fingerprint density at radius 2 is 1.61 bits per heavy atom. The Bertz CT molecular complexity index is 746. The molecule has 2 heteroatoms. The van der Waals surface area contributed by atoms with Gasteiger partial charge in [-0.15, -0.1) is 0 Å². The zero-order valence-corrected chi connectivity index (χ0v) is 10.1. The largest absolute Gasteiger partial charge is 0.355 e. The standard InChI is InChI=1S/C16H13NO/c1-17-16(18)14-8-7-13-9-11-5-3-2-4-6-12(11)10-15(13)14/h2-10H,1H3,(H,17,18). The van der Waals surface area contributed by atoms with Gasteiger partial charge in [0.05, 0.1) is 0 Å². The predicted octanol–water partition coefficient (Wildman–Crippen LogP) is 3.35. The molecule has 0 spiro atoms. The third-order valence-corrected chi connectivity index (χ3v) is 3.22. The number of hydrogen-bond acceptors (Lipinski definition) is 1. The maximum atomic E-state index is 11.8. The number of carbonyl (C=O) groups excluding carboxylic acids is 1. The molecule has 0 saturated heterocycles. The lowest BCUT2D eigenvalue weighted by Gasteiger charge is -2.00. The summed E-state index contributed by atoms with van der Waals surface area (Å²) in [6.07, 6.45) is 0. The Labute approximate surface area is 105 Å². The van der Waals surface area contributed by atoms with Crippen LogP contribution >= 0.6 is 0 Å². The Hall–Kier alpha value is -2.35. The van der Waals surface area contributed by atoms with Gasteiger partial charge in [0.2, 0.25) is 0 Å². The summed E-state index contributed by atoms with van der Waals surface area (Å²) >= 11 is 0. The van der Waals surface area contributed by atoms with E-state index in [0.29, 0.717) is 0 Å². The fraction of sp³-hybridized carbons (Fsp3) is 0.0625. The number of fused-ring (bicyclic) bond motifs is 2. The van der Waals surface area contributed by atoms with Gasteiger partial charge >= 0.3 is 0 Å². The van der Waals surface area contributed by atoms with Gasteiger partial charge in [-0.1, -0.05) is 36.4 Å². The first-order chi connectivity index (χ1) is 8.79. The molecule has 0 aliphatic carbocycles. The van der Waals surface area contributed by atoms with Crippen LogP contribution in [-0.2, 0) is 0 Å². The van der Waals surface area contributed by atoms with Gasteiger partial charge in [0.15, 0.2) is 0 Å². The molecule has 0 saturated carbocycles. The van der Waals surface area contributed by atoms with Gasteiger partial charge in [-0.3, -0.25) is 4.79 Å². The Morgan fingerprint density at radius 1 is 0.889 bits per heavy atom. The molecule has 0 fully saturated rings. The molecule has 0 radical (unpaired) electrons. The molecule has 1 N–H and O–H groups in total. The monoisotopic (exact) mass is 235 g/mol. The van der Waals surface area contributed by atoms with Crippen molar-refractivity contribution in [2.75, 3.05) is 7.05 Å². The first-order valence-electron chi connectivity index (χ1n) is 5.93. The molecule has 3 rings (SSSR count). The minimum absolute atomic E-state index is 0.0374. The van der Waals surface area contributed by atoms with Crippen molar-refractivity contribution in [2.45, 2.75) is 0 Å². The van der Waals surface area contributed by atoms with E-state index in [1.165, 1.54) is 5.39 Å². The normalized spacial score (nSPS) is 10.7. The quantitative estimate of drug-likeness (QED) is 0.688. The lowest BCUT2D eigenvalue weighted by molar-refractivity contribution is 0.0965. The summed E-state index contributed by atoms with van der Waals surface area (Å²) in [6.45, 7) is 0. The van der Waals surface area contributed by atoms with E-state index in [0.717, 1.165) is 21.7 Å². The number of rotatable bonds is 1. The third-order valence-electron chi connectivity index (χ3n) is 3.22. The van der Waals surface area contributed by atoms with Crippen LogP contribution in [0.3, 0.4) is 0 Å². The zero-order valence-electron chi connectivity index (χ0n) is 10.1. The van der Waals surface area contributed by atoms with E-state index < -0.39 is 0 Å². The van der Waals surface area contributed by atoms with Crippen molar-refractivity contribution in [3.05, 3.63) is 60.2 Å². The maximum absolute atomic E-state index is 11.8. The van der Waals surface area contributed by atoms with Crippen molar-refractivity contribution < 1.29 is 4.79 Å². The number of amides is 1. The SMILES string of the molecule is CNC(=O)c1ccc2cc3cccccc3cc12. The van der Waals surface area contributed by atoms with Crippen molar-refractivity contribution in [2.24, 2.45) is 0 Å². The van der Waals surface area contributed by atoms with Crippen LogP contribution in [0.15, 0.2) is 54.6 Å². The summed E-state index contributed by atoms with van der Waals surface area (Å²) in [7, 11) is 1.65. The van der Waals surface area contributed by atoms with Gasteiger partial charge in [0, 0.05) is 12.6 Å². The number of benzene rings is 1. The molecule has 3 aromatic carbocycles. The van der Waals surface area contributed by atoms with Crippen LogP contribution in [0.1, 0.15) is 10.4 Å². The first-order valence-corrected chi connectivity index (χ1v) is 5.93. The van der Waals surface area contributed by atoms with Crippen LogP contribution in [0, 0.1) is 0 Å². The van der Waals surface area contributed by atoms with Gasteiger partial charge in [-0.05, 0) is 39.7 Å². The topological polar surface area (TPSA) is 29.1 Å². The molecular formula is C16H13NO. The zero-order chi connectivity index (χ0) is 12.5. The van der Waals surface area contributed by atoms with E-state index >= 15 is 0 Å². The van der Waals surface area contributed by atoms with E-state index in [-0.39, 0.29) is 5.91 Å². The van der Waals surface area contributed by atoms with Crippen LogP contribution in [0.5, 0.6) is 0 Å². The van der Waals surface area contributed by atoms with E-state index in [1.807, 2.05) is 30.3 Å². The molecule has 0 unspecified atom stereocenters. The third kappa shape index (κ3) is 1.63. The summed E-state index contributed by atoms with van der Waals surface area (Å²) in [6, 6.07) is 18.3. The van der Waals surface area contributed by atoms with Gasteiger partial charge in [0.1, 0.15) is 0 Å². The van der Waals surface area contributed by atoms with E-state index in [2.05, 4.69) is 29.6 Å². The first kappa shape index (κ1) is 10.8. The molecule has 0 heterocycles. The highest BCUT2D eigenvalue weighted by molar-refractivity contribution is 6.11. The molecule has 2 nitrogen and oxygen atoms in total. The molecular weight excluding hydrogens is 222 g/mol. The summed E-state index contributed by atoms with van der Waals surface area (Å²) in [5, 5.41) is 7.11. The number of carbonyl (C=O) groups is 1. The fourth-order valence-corrected chi connectivity index (χ4v) is 2.29. The summed E-state index contributed by atoms with van der Waals surface area (Å²) in [5.74, 6) is -0.0374. The lowest BCUT2D eigenvalue weighted by Crippen LogP contribution is -2.17. The average molecular weight is 235 g/mol. The molecule has 0 aliphatic heterocycles. The van der Waals surface area contributed by atoms with Gasteiger partial charge in [0.25, 0.3) is 5.91 Å². The van der Waals surface area contributed by atoms with Crippen LogP contribution in [0.2, 0.25) is 0 Å². The second kappa shape index (κ2) is 4.15. The highest BCUT2D eigenvalue weighted by Gasteiger charge is 2.10. The lowest BCUT2D eigenvalue weighted by atomic mass is 10.1. The van der Waals surface area contributed by atoms with Crippen LogP contribution in [0.25, 0.3) is 21.5 Å². The number of hydrogen-bond donors (Lipinski definition) is 1. The van der Waals surface area contributed by atoms with Crippen LogP contribution < -0.4 is 5.32 Å². The minimum atomic E-state index is -0.0374. The highest BCUT2D eigenvalue weighted by atomic mass is 16.1. The van der Waals surface area contributed by atoms with E-state index in [9.17, 15) is 4.79 Å². The van der Waals surface area contributed by atoms with E-state index in [1.54, 1.807) is 7.05 Å². The molecule has 88 valence electrons. The molecule has 18 heavy (non-hydrogen) atoms. The smallest absolute Gasteiger partial charge is 0.251 e. The van der Waals surface area contributed by atoms with Crippen molar-refractivity contribution in [3.63, 3.8) is 0 Å². The summed E-state index contributed by atoms with van der Waals surface area (Å²) in [5.41, 5.74) is 0.737. The predicted molar refractivity (Wildman–Crippen MR) is 74.8 cm³/mol. The van der Waals surface area contributed by atoms with Gasteiger partial charge in [-0.2, -0.15) is 0 Å². The minimum Gasteiger partial charge on any atom is -0.355 e. The van der Waals surface area contributed by atoms with Crippen molar-refractivity contribution in [1.82, 2.24) is 5.32 Å². The van der Waals surface area contributed by atoms with Crippen LogP contribution in [0.4, 0.5) is 0 Å². The van der Waals surface area contributed by atoms with Gasteiger partial charge < -0.3 is 5.32 Å². The second-order valence-corrected chi connectivity index (χ2v) is 4.31. The highest BCUT2D eigenvalue weighted by Crippen LogP contribution is 2.26. The maximum Gasteiger partial charge on any atom is 0.251 e. The van der Waals surface area contributed by atoms with Crippen molar-refractivity contribution in [3.8, 4) is 0 Å². The van der Waals surface area contributed by atoms with Crippen LogP contribution in [-0.4, -0.2) is 13.0 Å². The molecule has 0 atom stereocenters. The molecule has 1 amide bonds. The molecule has 0 aliphatic rings. The Balaban J connectivity index is 2.37. The molecule has 0 bridgehead atoms. The second-order valence-electron chi connectivity index (χ2n) is 4.31. The summed E-state index contributed by atoms with van der Waals surface area (Å²) in [4.78, 5) is 11.8.